The van der Waals surface area contributed by atoms with Crippen LogP contribution >= 0.6 is 0 Å². The minimum absolute atomic E-state index is 0.0243. The van der Waals surface area contributed by atoms with Crippen LogP contribution in [-0.2, 0) is 4.79 Å². The molecule has 0 atom stereocenters. The first-order valence-corrected chi connectivity index (χ1v) is 2.79. The van der Waals surface area contributed by atoms with Gasteiger partial charge in [-0.3, -0.25) is 0 Å². The lowest BCUT2D eigenvalue weighted by Crippen LogP contribution is -2.10. The Morgan fingerprint density at radius 3 is 2.11 bits per heavy atom. The lowest BCUT2D eigenvalue weighted by atomic mass is 10.2. The smallest absolute Gasteiger partial charge is 0.245 e. The van der Waals surface area contributed by atoms with Crippen molar-refractivity contribution in [1.29, 1.82) is 0 Å². The predicted octanol–water partition coefficient (Wildman–Crippen LogP) is 2.01. The number of carbonyl (C=O) groups is 1. The molecule has 0 N–H and O–H groups in total. The summed E-state index contributed by atoms with van der Waals surface area (Å²) in [6.07, 6.45) is -0.355. The van der Waals surface area contributed by atoms with E-state index in [4.69, 9.17) is 0 Å². The van der Waals surface area contributed by atoms with Gasteiger partial charge >= 0.3 is 0 Å². The SMILES string of the molecule is CC(=O)CCC(C)(F)F. The Balaban J connectivity index is 3.39. The van der Waals surface area contributed by atoms with Crippen LogP contribution in [-0.4, -0.2) is 11.7 Å². The molecule has 0 saturated carbocycles. The molecule has 0 bridgehead atoms. The summed E-state index contributed by atoms with van der Waals surface area (Å²) in [7, 11) is 0. The second kappa shape index (κ2) is 2.90. The molecule has 0 aromatic heterocycles. The molecule has 0 fully saturated rings. The molecule has 1 nitrogen and oxygen atoms in total. The lowest BCUT2D eigenvalue weighted by Gasteiger charge is -2.06. The Morgan fingerprint density at radius 1 is 1.56 bits per heavy atom. The third-order valence-electron chi connectivity index (χ3n) is 0.916. The van der Waals surface area contributed by atoms with Crippen molar-refractivity contribution in [2.45, 2.75) is 32.6 Å². The molecule has 9 heavy (non-hydrogen) atoms. The van der Waals surface area contributed by atoms with Crippen LogP contribution in [0, 0.1) is 0 Å². The van der Waals surface area contributed by atoms with Gasteiger partial charge in [0.25, 0.3) is 0 Å². The summed E-state index contributed by atoms with van der Waals surface area (Å²) >= 11 is 0. The van der Waals surface area contributed by atoms with Crippen molar-refractivity contribution < 1.29 is 13.6 Å². The van der Waals surface area contributed by atoms with Gasteiger partial charge in [0.2, 0.25) is 5.92 Å². The van der Waals surface area contributed by atoms with Crippen LogP contribution in [0.25, 0.3) is 0 Å². The summed E-state index contributed by atoms with van der Waals surface area (Å²) in [6, 6.07) is 0. The molecular formula is C6H10F2O. The lowest BCUT2D eigenvalue weighted by molar-refractivity contribution is -0.118. The van der Waals surface area contributed by atoms with Gasteiger partial charge in [0.05, 0.1) is 0 Å². The fraction of sp³-hybridized carbons (Fsp3) is 0.833. The van der Waals surface area contributed by atoms with Crippen LogP contribution in [0.1, 0.15) is 26.7 Å². The number of hydrogen-bond acceptors (Lipinski definition) is 1. The minimum atomic E-state index is -2.69. The van der Waals surface area contributed by atoms with E-state index in [1.54, 1.807) is 0 Å². The average molecular weight is 136 g/mol. The van der Waals surface area contributed by atoms with Crippen LogP contribution < -0.4 is 0 Å². The number of halogens is 2. The number of alkyl halides is 2. The fourth-order valence-corrected chi connectivity index (χ4v) is 0.396. The zero-order valence-electron chi connectivity index (χ0n) is 5.58. The van der Waals surface area contributed by atoms with E-state index in [-0.39, 0.29) is 18.6 Å². The summed E-state index contributed by atoms with van der Waals surface area (Å²) in [5.74, 6) is -2.87. The van der Waals surface area contributed by atoms with Crippen LogP contribution in [0.3, 0.4) is 0 Å². The van der Waals surface area contributed by atoms with E-state index >= 15 is 0 Å². The Hall–Kier alpha value is -0.470. The molecule has 0 radical (unpaired) electrons. The van der Waals surface area contributed by atoms with Crippen molar-refractivity contribution in [2.24, 2.45) is 0 Å². The van der Waals surface area contributed by atoms with Crippen molar-refractivity contribution >= 4 is 5.78 Å². The second-order valence-corrected chi connectivity index (χ2v) is 2.27. The number of carbonyl (C=O) groups excluding carboxylic acids is 1. The van der Waals surface area contributed by atoms with Gasteiger partial charge in [-0.25, -0.2) is 8.78 Å². The van der Waals surface area contributed by atoms with Gasteiger partial charge < -0.3 is 4.79 Å². The van der Waals surface area contributed by atoms with Crippen molar-refractivity contribution in [3.8, 4) is 0 Å². The standard InChI is InChI=1S/C6H10F2O/c1-5(9)3-4-6(2,7)8/h3-4H2,1-2H3. The molecule has 0 aromatic rings. The molecule has 0 spiro atoms. The summed E-state index contributed by atoms with van der Waals surface area (Å²) in [5.41, 5.74) is 0. The molecule has 0 aliphatic carbocycles. The van der Waals surface area contributed by atoms with Crippen molar-refractivity contribution in [3.05, 3.63) is 0 Å². The summed E-state index contributed by atoms with van der Waals surface area (Å²) in [6.45, 7) is 2.13. The van der Waals surface area contributed by atoms with E-state index in [0.29, 0.717) is 0 Å². The highest BCUT2D eigenvalue weighted by Gasteiger charge is 2.20. The normalized spacial score (nSPS) is 11.6. The monoisotopic (exact) mass is 136 g/mol. The molecule has 0 aliphatic rings. The second-order valence-electron chi connectivity index (χ2n) is 2.27. The number of hydrogen-bond donors (Lipinski definition) is 0. The van der Waals surface area contributed by atoms with E-state index in [1.807, 2.05) is 0 Å². The van der Waals surface area contributed by atoms with Gasteiger partial charge in [-0.2, -0.15) is 0 Å². The molecule has 0 amide bonds. The number of ketones is 1. The number of rotatable bonds is 3. The van der Waals surface area contributed by atoms with Gasteiger partial charge in [-0.1, -0.05) is 0 Å². The summed E-state index contributed by atoms with van der Waals surface area (Å²) in [4.78, 5) is 10.2. The van der Waals surface area contributed by atoms with Gasteiger partial charge in [0.1, 0.15) is 5.78 Å². The third kappa shape index (κ3) is 7.53. The predicted molar refractivity (Wildman–Crippen MR) is 30.5 cm³/mol. The minimum Gasteiger partial charge on any atom is -0.300 e. The highest BCUT2D eigenvalue weighted by Crippen LogP contribution is 2.18. The highest BCUT2D eigenvalue weighted by molar-refractivity contribution is 5.75. The van der Waals surface area contributed by atoms with Crippen molar-refractivity contribution in [1.82, 2.24) is 0 Å². The average Bonchev–Trinajstić information content (AvgIpc) is 1.59. The molecule has 0 rings (SSSR count). The molecule has 3 heteroatoms. The van der Waals surface area contributed by atoms with E-state index in [1.165, 1.54) is 6.92 Å². The largest absolute Gasteiger partial charge is 0.300 e. The van der Waals surface area contributed by atoms with Gasteiger partial charge in [0, 0.05) is 12.8 Å². The first kappa shape index (κ1) is 8.53. The van der Waals surface area contributed by atoms with Gasteiger partial charge in [0.15, 0.2) is 0 Å². The number of Topliss-reactive ketones (excluding diaryl/α,β-unsaturated/α-hetero) is 1. The van der Waals surface area contributed by atoms with Crippen molar-refractivity contribution in [3.63, 3.8) is 0 Å². The quantitative estimate of drug-likeness (QED) is 0.580. The molecule has 54 valence electrons. The van der Waals surface area contributed by atoms with Crippen molar-refractivity contribution in [2.75, 3.05) is 0 Å². The van der Waals surface area contributed by atoms with E-state index in [2.05, 4.69) is 0 Å². The van der Waals surface area contributed by atoms with Gasteiger partial charge in [-0.15, -0.1) is 0 Å². The van der Waals surface area contributed by atoms with E-state index in [0.717, 1.165) is 6.92 Å². The van der Waals surface area contributed by atoms with Gasteiger partial charge in [-0.05, 0) is 13.8 Å². The molecule has 0 aromatic carbocycles. The molecular weight excluding hydrogens is 126 g/mol. The van der Waals surface area contributed by atoms with E-state index < -0.39 is 5.92 Å². The maximum absolute atomic E-state index is 11.9. The zero-order chi connectivity index (χ0) is 7.49. The molecule has 0 unspecified atom stereocenters. The topological polar surface area (TPSA) is 17.1 Å². The first-order chi connectivity index (χ1) is 3.92. The molecule has 0 aliphatic heterocycles. The zero-order valence-corrected chi connectivity index (χ0v) is 5.58. The fourth-order valence-electron chi connectivity index (χ4n) is 0.396. The Labute approximate surface area is 53.1 Å². The van der Waals surface area contributed by atoms with Crippen LogP contribution in [0.5, 0.6) is 0 Å². The van der Waals surface area contributed by atoms with Crippen LogP contribution in [0.2, 0.25) is 0 Å². The maximum Gasteiger partial charge on any atom is 0.245 e. The molecule has 0 saturated heterocycles. The maximum atomic E-state index is 11.9. The molecule has 0 heterocycles. The first-order valence-electron chi connectivity index (χ1n) is 2.79. The third-order valence-corrected chi connectivity index (χ3v) is 0.916. The van der Waals surface area contributed by atoms with E-state index in [9.17, 15) is 13.6 Å². The Bertz CT molecular complexity index is 104. The summed E-state index contributed by atoms with van der Waals surface area (Å²) < 4.78 is 23.9. The highest BCUT2D eigenvalue weighted by atomic mass is 19.3. The van der Waals surface area contributed by atoms with Crippen LogP contribution in [0.15, 0.2) is 0 Å². The Kier molecular flexibility index (Phi) is 2.74. The van der Waals surface area contributed by atoms with Crippen LogP contribution in [0.4, 0.5) is 8.78 Å². The Morgan fingerprint density at radius 2 is 2.00 bits per heavy atom. The summed E-state index contributed by atoms with van der Waals surface area (Å²) in [5, 5.41) is 0.